The standard InChI is InChI=1S/C20H20N4O3/c1-12-13(2)22-19(23-20(12)25)15-5-7-18(21-9-15)24(3)10-14-4-6-16-17(8-14)27-11-26-16/h4-9H,10-11H2,1-3H3,(H,22,23,25). The van der Waals surface area contributed by atoms with Crippen LogP contribution in [-0.2, 0) is 6.54 Å². The summed E-state index contributed by atoms with van der Waals surface area (Å²) >= 11 is 0. The Labute approximate surface area is 156 Å². The Kier molecular flexibility index (Phi) is 4.27. The van der Waals surface area contributed by atoms with Gasteiger partial charge in [0.25, 0.3) is 5.56 Å². The van der Waals surface area contributed by atoms with Crippen molar-refractivity contribution in [1.82, 2.24) is 15.0 Å². The van der Waals surface area contributed by atoms with Gasteiger partial charge in [0.2, 0.25) is 6.79 Å². The molecule has 0 saturated carbocycles. The van der Waals surface area contributed by atoms with Crippen molar-refractivity contribution < 1.29 is 9.47 Å². The highest BCUT2D eigenvalue weighted by atomic mass is 16.7. The summed E-state index contributed by atoms with van der Waals surface area (Å²) in [6.07, 6.45) is 1.72. The Hall–Kier alpha value is -3.35. The quantitative estimate of drug-likeness (QED) is 0.767. The number of nitrogens with zero attached hydrogens (tertiary/aromatic N) is 3. The molecule has 3 aromatic rings. The fourth-order valence-electron chi connectivity index (χ4n) is 2.93. The molecule has 2 aromatic heterocycles. The van der Waals surface area contributed by atoms with Gasteiger partial charge in [0, 0.05) is 36.6 Å². The normalized spacial score (nSPS) is 12.3. The van der Waals surface area contributed by atoms with E-state index >= 15 is 0 Å². The average Bonchev–Trinajstić information content (AvgIpc) is 3.13. The number of pyridine rings is 1. The van der Waals surface area contributed by atoms with Crippen LogP contribution in [0.15, 0.2) is 41.3 Å². The average molecular weight is 364 g/mol. The van der Waals surface area contributed by atoms with Crippen LogP contribution >= 0.6 is 0 Å². The van der Waals surface area contributed by atoms with E-state index in [-0.39, 0.29) is 12.4 Å². The van der Waals surface area contributed by atoms with E-state index < -0.39 is 0 Å². The van der Waals surface area contributed by atoms with Crippen LogP contribution in [0.5, 0.6) is 11.5 Å². The first kappa shape index (κ1) is 17.1. The van der Waals surface area contributed by atoms with Gasteiger partial charge in [-0.15, -0.1) is 0 Å². The summed E-state index contributed by atoms with van der Waals surface area (Å²) in [6, 6.07) is 9.74. The van der Waals surface area contributed by atoms with Crippen molar-refractivity contribution in [1.29, 1.82) is 0 Å². The van der Waals surface area contributed by atoms with Crippen LogP contribution < -0.4 is 19.9 Å². The number of aryl methyl sites for hydroxylation is 1. The molecule has 1 aromatic carbocycles. The molecule has 1 aliphatic rings. The number of nitrogens with one attached hydrogen (secondary N) is 1. The van der Waals surface area contributed by atoms with Crippen molar-refractivity contribution in [3.63, 3.8) is 0 Å². The molecule has 3 heterocycles. The molecule has 7 heteroatoms. The maximum Gasteiger partial charge on any atom is 0.254 e. The molecule has 0 saturated heterocycles. The highest BCUT2D eigenvalue weighted by Gasteiger charge is 2.14. The first-order chi connectivity index (χ1) is 13.0. The van der Waals surface area contributed by atoms with Crippen LogP contribution in [0.25, 0.3) is 11.4 Å². The molecular weight excluding hydrogens is 344 g/mol. The van der Waals surface area contributed by atoms with Gasteiger partial charge in [0.1, 0.15) is 11.6 Å². The fourth-order valence-corrected chi connectivity index (χ4v) is 2.93. The van der Waals surface area contributed by atoms with Crippen LogP contribution in [0, 0.1) is 13.8 Å². The zero-order valence-electron chi connectivity index (χ0n) is 15.4. The third-order valence-corrected chi connectivity index (χ3v) is 4.66. The van der Waals surface area contributed by atoms with Gasteiger partial charge in [0.05, 0.1) is 0 Å². The van der Waals surface area contributed by atoms with Crippen molar-refractivity contribution >= 4 is 5.82 Å². The fraction of sp³-hybridized carbons (Fsp3) is 0.250. The summed E-state index contributed by atoms with van der Waals surface area (Å²) in [7, 11) is 1.97. The Balaban J connectivity index is 1.52. The van der Waals surface area contributed by atoms with Crippen molar-refractivity contribution in [2.75, 3.05) is 18.7 Å². The number of rotatable bonds is 4. The van der Waals surface area contributed by atoms with E-state index in [1.165, 1.54) is 0 Å². The summed E-state index contributed by atoms with van der Waals surface area (Å²) < 4.78 is 10.8. The topological polar surface area (TPSA) is 80.3 Å². The number of aromatic amines is 1. The van der Waals surface area contributed by atoms with Crippen LogP contribution in [0.2, 0.25) is 0 Å². The Bertz CT molecular complexity index is 1040. The second-order valence-corrected chi connectivity index (χ2v) is 6.57. The van der Waals surface area contributed by atoms with Crippen molar-refractivity contribution in [3.8, 4) is 22.9 Å². The second-order valence-electron chi connectivity index (χ2n) is 6.57. The molecule has 1 aliphatic heterocycles. The minimum atomic E-state index is -0.124. The number of aromatic nitrogens is 3. The Morgan fingerprint density at radius 3 is 2.70 bits per heavy atom. The maximum absolute atomic E-state index is 11.9. The molecular formula is C20H20N4O3. The maximum atomic E-state index is 11.9. The molecule has 0 unspecified atom stereocenters. The molecule has 0 amide bonds. The third-order valence-electron chi connectivity index (χ3n) is 4.66. The minimum absolute atomic E-state index is 0.124. The molecule has 0 bridgehead atoms. The Morgan fingerprint density at radius 1 is 1.15 bits per heavy atom. The molecule has 7 nitrogen and oxygen atoms in total. The van der Waals surface area contributed by atoms with Gasteiger partial charge < -0.3 is 19.4 Å². The summed E-state index contributed by atoms with van der Waals surface area (Å²) in [5.74, 6) is 2.90. The molecule has 1 N–H and O–H groups in total. The van der Waals surface area contributed by atoms with Crippen LogP contribution in [0.1, 0.15) is 16.8 Å². The van der Waals surface area contributed by atoms with E-state index in [1.807, 2.05) is 49.2 Å². The van der Waals surface area contributed by atoms with Gasteiger partial charge in [0.15, 0.2) is 11.5 Å². The molecule has 27 heavy (non-hydrogen) atoms. The predicted molar refractivity (Wildman–Crippen MR) is 102 cm³/mol. The summed E-state index contributed by atoms with van der Waals surface area (Å²) in [4.78, 5) is 25.7. The van der Waals surface area contributed by atoms with Gasteiger partial charge in [-0.3, -0.25) is 4.79 Å². The largest absolute Gasteiger partial charge is 0.454 e. The lowest BCUT2D eigenvalue weighted by molar-refractivity contribution is 0.174. The lowest BCUT2D eigenvalue weighted by Crippen LogP contribution is -2.17. The van der Waals surface area contributed by atoms with E-state index in [0.717, 1.165) is 34.1 Å². The number of hydrogen-bond donors (Lipinski definition) is 1. The minimum Gasteiger partial charge on any atom is -0.454 e. The van der Waals surface area contributed by atoms with E-state index in [1.54, 1.807) is 13.1 Å². The second kappa shape index (κ2) is 6.75. The molecule has 0 spiro atoms. The van der Waals surface area contributed by atoms with Gasteiger partial charge in [-0.2, -0.15) is 0 Å². The zero-order valence-corrected chi connectivity index (χ0v) is 15.4. The lowest BCUT2D eigenvalue weighted by Gasteiger charge is -2.18. The van der Waals surface area contributed by atoms with Gasteiger partial charge in [-0.05, 0) is 43.7 Å². The van der Waals surface area contributed by atoms with Crippen molar-refractivity contribution in [2.24, 2.45) is 0 Å². The van der Waals surface area contributed by atoms with Crippen molar-refractivity contribution in [2.45, 2.75) is 20.4 Å². The Morgan fingerprint density at radius 2 is 1.96 bits per heavy atom. The number of hydrogen-bond acceptors (Lipinski definition) is 6. The van der Waals surface area contributed by atoms with Crippen LogP contribution in [0.4, 0.5) is 5.82 Å². The molecule has 0 radical (unpaired) electrons. The van der Waals surface area contributed by atoms with Gasteiger partial charge >= 0.3 is 0 Å². The first-order valence-corrected chi connectivity index (χ1v) is 8.65. The molecule has 4 rings (SSSR count). The van der Waals surface area contributed by atoms with E-state index in [0.29, 0.717) is 17.9 Å². The number of benzene rings is 1. The highest BCUT2D eigenvalue weighted by molar-refractivity contribution is 5.56. The van der Waals surface area contributed by atoms with Crippen LogP contribution in [0.3, 0.4) is 0 Å². The number of anilines is 1. The predicted octanol–water partition coefficient (Wildman–Crippen LogP) is 2.81. The first-order valence-electron chi connectivity index (χ1n) is 8.65. The van der Waals surface area contributed by atoms with Crippen molar-refractivity contribution in [3.05, 3.63) is 63.7 Å². The van der Waals surface area contributed by atoms with E-state index in [2.05, 4.69) is 15.0 Å². The van der Waals surface area contributed by atoms with E-state index in [9.17, 15) is 4.79 Å². The smallest absolute Gasteiger partial charge is 0.254 e. The summed E-state index contributed by atoms with van der Waals surface area (Å²) in [6.45, 7) is 4.54. The van der Waals surface area contributed by atoms with Gasteiger partial charge in [-0.25, -0.2) is 9.97 Å². The number of fused-ring (bicyclic) bond motifs is 1. The van der Waals surface area contributed by atoms with Gasteiger partial charge in [-0.1, -0.05) is 6.07 Å². The summed E-state index contributed by atoms with van der Waals surface area (Å²) in [5, 5.41) is 0. The third kappa shape index (κ3) is 3.36. The molecule has 0 atom stereocenters. The SMILES string of the molecule is Cc1nc(-c2ccc(N(C)Cc3ccc4c(c3)OCO4)nc2)[nH]c(=O)c1C. The zero-order chi connectivity index (χ0) is 19.0. The molecule has 138 valence electrons. The lowest BCUT2D eigenvalue weighted by atomic mass is 10.2. The molecule has 0 fully saturated rings. The van der Waals surface area contributed by atoms with Crippen LogP contribution in [-0.4, -0.2) is 28.8 Å². The number of H-pyrrole nitrogens is 1. The highest BCUT2D eigenvalue weighted by Crippen LogP contribution is 2.33. The molecule has 0 aliphatic carbocycles. The number of ether oxygens (including phenoxy) is 2. The monoisotopic (exact) mass is 364 g/mol. The summed E-state index contributed by atoms with van der Waals surface area (Å²) in [5.41, 5.74) is 3.11. The van der Waals surface area contributed by atoms with E-state index in [4.69, 9.17) is 9.47 Å².